The summed E-state index contributed by atoms with van der Waals surface area (Å²) in [6, 6.07) is 15.1. The molecular weight excluding hydrogens is 330 g/mol. The lowest BCUT2D eigenvalue weighted by Crippen LogP contribution is -2.34. The van der Waals surface area contributed by atoms with Gasteiger partial charge in [0, 0.05) is 24.3 Å². The van der Waals surface area contributed by atoms with E-state index in [1.165, 1.54) is 0 Å². The fourth-order valence-electron chi connectivity index (χ4n) is 2.63. The maximum Gasteiger partial charge on any atom is 0.319 e. The summed E-state index contributed by atoms with van der Waals surface area (Å²) >= 11 is 0. The SMILES string of the molecule is CCN(CC)C(=O)c1ccc(NC(=O)N[C@H](CO)c2ccccc2)cc1. The van der Waals surface area contributed by atoms with Gasteiger partial charge in [-0.25, -0.2) is 4.79 Å². The van der Waals surface area contributed by atoms with Crippen LogP contribution in [0.4, 0.5) is 10.5 Å². The van der Waals surface area contributed by atoms with Crippen molar-refractivity contribution >= 4 is 17.6 Å². The lowest BCUT2D eigenvalue weighted by Gasteiger charge is -2.19. The molecule has 2 aromatic rings. The van der Waals surface area contributed by atoms with Crippen molar-refractivity contribution in [3.05, 3.63) is 65.7 Å². The summed E-state index contributed by atoms with van der Waals surface area (Å²) in [5, 5.41) is 14.9. The Morgan fingerprint density at radius 2 is 1.62 bits per heavy atom. The molecular formula is C20H25N3O3. The Hall–Kier alpha value is -2.86. The molecule has 1 atom stereocenters. The molecule has 0 aromatic heterocycles. The third-order valence-electron chi connectivity index (χ3n) is 4.13. The topological polar surface area (TPSA) is 81.7 Å². The smallest absolute Gasteiger partial charge is 0.319 e. The van der Waals surface area contributed by atoms with Gasteiger partial charge in [-0.3, -0.25) is 4.79 Å². The van der Waals surface area contributed by atoms with E-state index in [4.69, 9.17) is 0 Å². The van der Waals surface area contributed by atoms with Gasteiger partial charge in [0.1, 0.15) is 0 Å². The standard InChI is InChI=1S/C20H25N3O3/c1-3-23(4-2)19(25)16-10-12-17(13-11-16)21-20(26)22-18(14-24)15-8-6-5-7-9-15/h5-13,18,24H,3-4,14H2,1-2H3,(H2,21,22,26)/t18-/m1/s1. The van der Waals surface area contributed by atoms with Gasteiger partial charge in [-0.1, -0.05) is 30.3 Å². The van der Waals surface area contributed by atoms with Crippen LogP contribution in [0, 0.1) is 0 Å². The highest BCUT2D eigenvalue weighted by Gasteiger charge is 2.14. The number of anilines is 1. The molecule has 0 unspecified atom stereocenters. The van der Waals surface area contributed by atoms with E-state index < -0.39 is 12.1 Å². The number of amides is 3. The first-order valence-corrected chi connectivity index (χ1v) is 8.71. The van der Waals surface area contributed by atoms with Crippen LogP contribution in [-0.4, -0.2) is 41.6 Å². The molecule has 0 aliphatic carbocycles. The van der Waals surface area contributed by atoms with E-state index in [-0.39, 0.29) is 12.5 Å². The second-order valence-corrected chi connectivity index (χ2v) is 5.80. The van der Waals surface area contributed by atoms with Gasteiger partial charge < -0.3 is 20.6 Å². The lowest BCUT2D eigenvalue weighted by atomic mass is 10.1. The van der Waals surface area contributed by atoms with Crippen molar-refractivity contribution in [3.63, 3.8) is 0 Å². The molecule has 0 radical (unpaired) electrons. The monoisotopic (exact) mass is 355 g/mol. The molecule has 2 rings (SSSR count). The van der Waals surface area contributed by atoms with E-state index in [0.29, 0.717) is 24.3 Å². The Balaban J connectivity index is 1.98. The number of urea groups is 1. The molecule has 0 heterocycles. The zero-order chi connectivity index (χ0) is 18.9. The average Bonchev–Trinajstić information content (AvgIpc) is 2.68. The number of carbonyl (C=O) groups excluding carboxylic acids is 2. The molecule has 0 fully saturated rings. The van der Waals surface area contributed by atoms with Crippen LogP contribution in [0.3, 0.4) is 0 Å². The largest absolute Gasteiger partial charge is 0.394 e. The first-order chi connectivity index (χ1) is 12.6. The van der Waals surface area contributed by atoms with E-state index in [0.717, 1.165) is 5.56 Å². The molecule has 6 heteroatoms. The lowest BCUT2D eigenvalue weighted by molar-refractivity contribution is 0.0773. The van der Waals surface area contributed by atoms with Crippen LogP contribution in [0.1, 0.15) is 35.8 Å². The van der Waals surface area contributed by atoms with Crippen LogP contribution in [0.15, 0.2) is 54.6 Å². The summed E-state index contributed by atoms with van der Waals surface area (Å²) in [7, 11) is 0. The summed E-state index contributed by atoms with van der Waals surface area (Å²) in [5.41, 5.74) is 1.98. The van der Waals surface area contributed by atoms with Gasteiger partial charge in [0.05, 0.1) is 12.6 Å². The normalized spacial score (nSPS) is 11.5. The van der Waals surface area contributed by atoms with Gasteiger partial charge in [-0.05, 0) is 43.7 Å². The Labute approximate surface area is 153 Å². The third kappa shape index (κ3) is 5.07. The second kappa shape index (κ2) is 9.58. The number of nitrogens with zero attached hydrogens (tertiary/aromatic N) is 1. The molecule has 0 bridgehead atoms. The predicted molar refractivity (Wildman–Crippen MR) is 102 cm³/mol. The van der Waals surface area contributed by atoms with Gasteiger partial charge in [-0.15, -0.1) is 0 Å². The minimum Gasteiger partial charge on any atom is -0.394 e. The molecule has 0 aliphatic rings. The minimum atomic E-state index is -0.486. The number of rotatable bonds is 7. The summed E-state index contributed by atoms with van der Waals surface area (Å²) < 4.78 is 0. The summed E-state index contributed by atoms with van der Waals surface area (Å²) in [5.74, 6) is -0.0320. The molecule has 6 nitrogen and oxygen atoms in total. The maximum atomic E-state index is 12.3. The number of benzene rings is 2. The zero-order valence-corrected chi connectivity index (χ0v) is 15.1. The van der Waals surface area contributed by atoms with Crippen LogP contribution in [0.25, 0.3) is 0 Å². The van der Waals surface area contributed by atoms with E-state index in [9.17, 15) is 14.7 Å². The average molecular weight is 355 g/mol. The van der Waals surface area contributed by atoms with Crippen molar-refractivity contribution in [2.24, 2.45) is 0 Å². The van der Waals surface area contributed by atoms with E-state index in [2.05, 4.69) is 10.6 Å². The fourth-order valence-corrected chi connectivity index (χ4v) is 2.63. The van der Waals surface area contributed by atoms with Gasteiger partial charge >= 0.3 is 6.03 Å². The van der Waals surface area contributed by atoms with Gasteiger partial charge in [0.2, 0.25) is 0 Å². The van der Waals surface area contributed by atoms with Crippen molar-refractivity contribution < 1.29 is 14.7 Å². The zero-order valence-electron chi connectivity index (χ0n) is 15.1. The Kier molecular flexibility index (Phi) is 7.17. The minimum absolute atomic E-state index is 0.0320. The van der Waals surface area contributed by atoms with E-state index in [1.807, 2.05) is 44.2 Å². The van der Waals surface area contributed by atoms with Crippen molar-refractivity contribution in [1.29, 1.82) is 0 Å². The van der Waals surface area contributed by atoms with Gasteiger partial charge in [0.25, 0.3) is 5.91 Å². The molecule has 26 heavy (non-hydrogen) atoms. The molecule has 3 amide bonds. The van der Waals surface area contributed by atoms with E-state index in [1.54, 1.807) is 29.2 Å². The number of hydrogen-bond donors (Lipinski definition) is 3. The highest BCUT2D eigenvalue weighted by atomic mass is 16.3. The number of aliphatic hydroxyl groups is 1. The predicted octanol–water partition coefficient (Wildman–Crippen LogP) is 3.02. The summed E-state index contributed by atoms with van der Waals surface area (Å²) in [6.07, 6.45) is 0. The fraction of sp³-hybridized carbons (Fsp3) is 0.300. The van der Waals surface area contributed by atoms with Gasteiger partial charge in [-0.2, -0.15) is 0 Å². The van der Waals surface area contributed by atoms with Crippen LogP contribution in [0.5, 0.6) is 0 Å². The number of aliphatic hydroxyl groups excluding tert-OH is 1. The molecule has 3 N–H and O–H groups in total. The molecule has 2 aromatic carbocycles. The number of hydrogen-bond acceptors (Lipinski definition) is 3. The maximum absolute atomic E-state index is 12.3. The van der Waals surface area contributed by atoms with Crippen molar-refractivity contribution in [2.75, 3.05) is 25.0 Å². The number of carbonyl (C=O) groups is 2. The van der Waals surface area contributed by atoms with Crippen LogP contribution in [0.2, 0.25) is 0 Å². The van der Waals surface area contributed by atoms with Crippen molar-refractivity contribution in [1.82, 2.24) is 10.2 Å². The highest BCUT2D eigenvalue weighted by molar-refractivity contribution is 5.95. The third-order valence-corrected chi connectivity index (χ3v) is 4.13. The highest BCUT2D eigenvalue weighted by Crippen LogP contribution is 2.14. The van der Waals surface area contributed by atoms with Crippen LogP contribution < -0.4 is 10.6 Å². The molecule has 0 aliphatic heterocycles. The Bertz CT molecular complexity index is 713. The van der Waals surface area contributed by atoms with Crippen molar-refractivity contribution in [3.8, 4) is 0 Å². The van der Waals surface area contributed by atoms with E-state index >= 15 is 0 Å². The second-order valence-electron chi connectivity index (χ2n) is 5.80. The first kappa shape index (κ1) is 19.5. The summed E-state index contributed by atoms with van der Waals surface area (Å²) in [4.78, 5) is 26.2. The summed E-state index contributed by atoms with van der Waals surface area (Å²) in [6.45, 7) is 4.98. The molecule has 0 spiro atoms. The first-order valence-electron chi connectivity index (χ1n) is 8.71. The van der Waals surface area contributed by atoms with Crippen molar-refractivity contribution in [2.45, 2.75) is 19.9 Å². The van der Waals surface area contributed by atoms with Gasteiger partial charge in [0.15, 0.2) is 0 Å². The molecule has 0 saturated carbocycles. The molecule has 138 valence electrons. The van der Waals surface area contributed by atoms with Crippen LogP contribution in [-0.2, 0) is 0 Å². The Morgan fingerprint density at radius 3 is 2.15 bits per heavy atom. The van der Waals surface area contributed by atoms with Crippen LogP contribution >= 0.6 is 0 Å². The number of nitrogens with one attached hydrogen (secondary N) is 2. The molecule has 0 saturated heterocycles. The quantitative estimate of drug-likeness (QED) is 0.714. The Morgan fingerprint density at radius 1 is 1.00 bits per heavy atom.